The van der Waals surface area contributed by atoms with Gasteiger partial charge in [-0.2, -0.15) is 0 Å². The number of imide groups is 1. The van der Waals surface area contributed by atoms with Gasteiger partial charge in [0.1, 0.15) is 12.3 Å². The minimum absolute atomic E-state index is 0.153. The van der Waals surface area contributed by atoms with Crippen LogP contribution in [0.2, 0.25) is 0 Å². The van der Waals surface area contributed by atoms with Gasteiger partial charge in [0, 0.05) is 6.54 Å². The first-order chi connectivity index (χ1) is 15.6. The maximum absolute atomic E-state index is 13.3. The number of benzene rings is 2. The Labute approximate surface area is 187 Å². The van der Waals surface area contributed by atoms with Crippen LogP contribution in [-0.4, -0.2) is 60.6 Å². The van der Waals surface area contributed by atoms with E-state index in [2.05, 4.69) is 10.6 Å². The molecule has 0 aromatic heterocycles. The van der Waals surface area contributed by atoms with Crippen LogP contribution in [0, 0.1) is 5.92 Å². The molecule has 0 spiro atoms. The summed E-state index contributed by atoms with van der Waals surface area (Å²) < 4.78 is 5.29. The van der Waals surface area contributed by atoms with Gasteiger partial charge in [-0.15, -0.1) is 0 Å². The number of hydrogen-bond acceptors (Lipinski definition) is 5. The van der Waals surface area contributed by atoms with Gasteiger partial charge < -0.3 is 10.1 Å². The molecule has 8 heteroatoms. The first kappa shape index (κ1) is 21.8. The highest BCUT2D eigenvalue weighted by molar-refractivity contribution is 6.01. The van der Waals surface area contributed by atoms with Gasteiger partial charge >= 0.3 is 6.03 Å². The van der Waals surface area contributed by atoms with Crippen LogP contribution in [-0.2, 0) is 16.0 Å². The van der Waals surface area contributed by atoms with Crippen molar-refractivity contribution in [1.82, 2.24) is 15.1 Å². The van der Waals surface area contributed by atoms with Crippen molar-refractivity contribution in [1.29, 1.82) is 0 Å². The molecule has 2 heterocycles. The van der Waals surface area contributed by atoms with Gasteiger partial charge in [0.2, 0.25) is 11.8 Å². The summed E-state index contributed by atoms with van der Waals surface area (Å²) in [6, 6.07) is 16.4. The average molecular weight is 437 g/mol. The highest BCUT2D eigenvalue weighted by Crippen LogP contribution is 2.29. The minimum Gasteiger partial charge on any atom is -0.495 e. The Morgan fingerprint density at radius 1 is 1.12 bits per heavy atom. The van der Waals surface area contributed by atoms with Crippen LogP contribution in [0.3, 0.4) is 0 Å². The number of amides is 4. The van der Waals surface area contributed by atoms with Gasteiger partial charge in [-0.25, -0.2) is 4.79 Å². The lowest BCUT2D eigenvalue weighted by atomic mass is 9.91. The largest absolute Gasteiger partial charge is 0.495 e. The first-order valence-corrected chi connectivity index (χ1v) is 10.9. The van der Waals surface area contributed by atoms with Crippen LogP contribution in [0.4, 0.5) is 10.5 Å². The zero-order valence-corrected chi connectivity index (χ0v) is 18.1. The molecule has 2 aromatic carbocycles. The number of rotatable bonds is 7. The Kier molecular flexibility index (Phi) is 6.70. The smallest absolute Gasteiger partial charge is 0.328 e. The molecule has 0 radical (unpaired) electrons. The average Bonchev–Trinajstić information content (AvgIpc) is 2.83. The number of fused-ring (bicyclic) bond motifs is 1. The normalized spacial score (nSPS) is 20.7. The number of piperidine rings is 1. The van der Waals surface area contributed by atoms with Crippen molar-refractivity contribution >= 4 is 23.5 Å². The van der Waals surface area contributed by atoms with E-state index >= 15 is 0 Å². The monoisotopic (exact) mass is 436 g/mol. The Balaban J connectivity index is 1.50. The van der Waals surface area contributed by atoms with E-state index < -0.39 is 12.2 Å². The highest BCUT2D eigenvalue weighted by atomic mass is 16.5. The topological polar surface area (TPSA) is 91.0 Å². The second-order valence-corrected chi connectivity index (χ2v) is 8.03. The van der Waals surface area contributed by atoms with E-state index in [9.17, 15) is 14.4 Å². The van der Waals surface area contributed by atoms with E-state index in [4.69, 9.17) is 4.74 Å². The van der Waals surface area contributed by atoms with Crippen molar-refractivity contribution in [3.05, 3.63) is 60.2 Å². The number of urea groups is 1. The molecule has 2 atom stereocenters. The number of carbonyl (C=O) groups is 3. The molecule has 168 valence electrons. The predicted molar refractivity (Wildman–Crippen MR) is 120 cm³/mol. The maximum Gasteiger partial charge on any atom is 0.328 e. The molecule has 0 bridgehead atoms. The van der Waals surface area contributed by atoms with Gasteiger partial charge in [0.25, 0.3) is 0 Å². The van der Waals surface area contributed by atoms with Gasteiger partial charge in [-0.1, -0.05) is 42.5 Å². The molecule has 2 aliphatic heterocycles. The lowest BCUT2D eigenvalue weighted by Crippen LogP contribution is -2.68. The van der Waals surface area contributed by atoms with Gasteiger partial charge in [0.05, 0.1) is 24.9 Å². The number of para-hydroxylation sites is 2. The number of hydrogen-bond donors (Lipinski definition) is 2. The van der Waals surface area contributed by atoms with E-state index in [1.807, 2.05) is 36.4 Å². The molecule has 4 amide bonds. The number of nitrogens with zero attached hydrogens (tertiary/aromatic N) is 2. The fourth-order valence-corrected chi connectivity index (χ4v) is 4.38. The first-order valence-electron chi connectivity index (χ1n) is 10.9. The maximum atomic E-state index is 13.3. The third-order valence-electron chi connectivity index (χ3n) is 5.98. The van der Waals surface area contributed by atoms with E-state index in [0.29, 0.717) is 30.8 Å². The Hall–Kier alpha value is -3.39. The van der Waals surface area contributed by atoms with Crippen LogP contribution in [0.25, 0.3) is 0 Å². The van der Waals surface area contributed by atoms with E-state index in [1.54, 1.807) is 18.2 Å². The lowest BCUT2D eigenvalue weighted by molar-refractivity contribution is -0.142. The summed E-state index contributed by atoms with van der Waals surface area (Å²) in [5.74, 6) is -0.314. The summed E-state index contributed by atoms with van der Waals surface area (Å²) in [5, 5.41) is 6.09. The molecule has 2 aliphatic rings. The van der Waals surface area contributed by atoms with Gasteiger partial charge in [-0.3, -0.25) is 24.7 Å². The highest BCUT2D eigenvalue weighted by Gasteiger charge is 2.47. The second kappa shape index (κ2) is 9.82. The SMILES string of the molecule is COc1ccccc1NC(=O)CN1C(=O)N(CCc2ccccc2)C(=O)C2CCCNC21. The fourth-order valence-electron chi connectivity index (χ4n) is 4.38. The Morgan fingerprint density at radius 3 is 2.66 bits per heavy atom. The third-order valence-corrected chi connectivity index (χ3v) is 5.98. The Morgan fingerprint density at radius 2 is 1.88 bits per heavy atom. The van der Waals surface area contributed by atoms with Crippen LogP contribution in [0.1, 0.15) is 18.4 Å². The summed E-state index contributed by atoms with van der Waals surface area (Å²) in [5.41, 5.74) is 1.59. The van der Waals surface area contributed by atoms with Gasteiger partial charge in [0.15, 0.2) is 0 Å². The summed E-state index contributed by atoms with van der Waals surface area (Å²) >= 11 is 0. The predicted octanol–water partition coefficient (Wildman–Crippen LogP) is 2.47. The molecule has 4 rings (SSSR count). The zero-order valence-electron chi connectivity index (χ0n) is 18.1. The molecular formula is C24H28N4O4. The quantitative estimate of drug-likeness (QED) is 0.696. The molecule has 2 unspecified atom stereocenters. The summed E-state index contributed by atoms with van der Waals surface area (Å²) in [7, 11) is 1.53. The molecular weight excluding hydrogens is 408 g/mol. The molecule has 0 saturated carbocycles. The van der Waals surface area contributed by atoms with Gasteiger partial charge in [-0.05, 0) is 43.5 Å². The summed E-state index contributed by atoms with van der Waals surface area (Å²) in [6.07, 6.45) is 1.65. The third kappa shape index (κ3) is 4.60. The number of ether oxygens (including phenoxy) is 1. The molecule has 32 heavy (non-hydrogen) atoms. The van der Waals surface area contributed by atoms with E-state index in [1.165, 1.54) is 16.9 Å². The molecule has 2 fully saturated rings. The van der Waals surface area contributed by atoms with Crippen molar-refractivity contribution < 1.29 is 19.1 Å². The van der Waals surface area contributed by atoms with Crippen molar-refractivity contribution in [3.63, 3.8) is 0 Å². The molecule has 8 nitrogen and oxygen atoms in total. The molecule has 2 N–H and O–H groups in total. The van der Waals surface area contributed by atoms with E-state index in [-0.39, 0.29) is 30.8 Å². The second-order valence-electron chi connectivity index (χ2n) is 8.03. The number of nitrogens with one attached hydrogen (secondary N) is 2. The summed E-state index contributed by atoms with van der Waals surface area (Å²) in [4.78, 5) is 42.1. The van der Waals surface area contributed by atoms with E-state index in [0.717, 1.165) is 12.0 Å². The number of methoxy groups -OCH3 is 1. The lowest BCUT2D eigenvalue weighted by Gasteiger charge is -2.46. The van der Waals surface area contributed by atoms with Crippen molar-refractivity contribution in [2.24, 2.45) is 5.92 Å². The molecule has 0 aliphatic carbocycles. The van der Waals surface area contributed by atoms with Crippen molar-refractivity contribution in [2.45, 2.75) is 25.4 Å². The molecule has 2 saturated heterocycles. The number of anilines is 1. The number of carbonyl (C=O) groups excluding carboxylic acids is 3. The Bertz CT molecular complexity index is 981. The van der Waals surface area contributed by atoms with Crippen molar-refractivity contribution in [3.8, 4) is 5.75 Å². The molecule has 2 aromatic rings. The van der Waals surface area contributed by atoms with Crippen molar-refractivity contribution in [2.75, 3.05) is 32.1 Å². The van der Waals surface area contributed by atoms with Crippen LogP contribution in [0.5, 0.6) is 5.75 Å². The summed E-state index contributed by atoms with van der Waals surface area (Å²) in [6.45, 7) is 0.839. The van der Waals surface area contributed by atoms with Crippen LogP contribution in [0.15, 0.2) is 54.6 Å². The van der Waals surface area contributed by atoms with Crippen LogP contribution < -0.4 is 15.4 Å². The zero-order chi connectivity index (χ0) is 22.5. The standard InChI is InChI=1S/C24H28N4O4/c1-32-20-12-6-5-11-19(20)26-21(29)16-28-22-18(10-7-14-25-22)23(30)27(24(28)31)15-13-17-8-3-2-4-9-17/h2-6,8-9,11-12,18,22,25H,7,10,13-16H2,1H3,(H,26,29). The minimum atomic E-state index is -0.472. The van der Waals surface area contributed by atoms with Crippen LogP contribution >= 0.6 is 0 Å². The fraction of sp³-hybridized carbons (Fsp3) is 0.375.